The molecular formula is C19H27N3O2S. The summed E-state index contributed by atoms with van der Waals surface area (Å²) in [7, 11) is 0. The molecule has 6 heteroatoms. The van der Waals surface area contributed by atoms with Gasteiger partial charge < -0.3 is 10.1 Å². The number of ether oxygens (including phenoxy) is 1. The third-order valence-corrected chi connectivity index (χ3v) is 4.86. The van der Waals surface area contributed by atoms with E-state index in [1.165, 1.54) is 43.9 Å². The van der Waals surface area contributed by atoms with Crippen molar-refractivity contribution < 1.29 is 9.53 Å². The molecule has 0 unspecified atom stereocenters. The van der Waals surface area contributed by atoms with Crippen LogP contribution in [0.25, 0.3) is 0 Å². The molecular weight excluding hydrogens is 334 g/mol. The lowest BCUT2D eigenvalue weighted by atomic mass is 10.1. The predicted molar refractivity (Wildman–Crippen MR) is 106 cm³/mol. The summed E-state index contributed by atoms with van der Waals surface area (Å²) in [6.45, 7) is 4.84. The number of thioether (sulfide) groups is 1. The maximum atomic E-state index is 11.4. The molecule has 1 saturated heterocycles. The van der Waals surface area contributed by atoms with Gasteiger partial charge in [0, 0.05) is 0 Å². The third kappa shape index (κ3) is 7.30. The summed E-state index contributed by atoms with van der Waals surface area (Å²) in [6.07, 6.45) is 9.25. The van der Waals surface area contributed by atoms with Gasteiger partial charge in [0.2, 0.25) is 5.91 Å². The number of amides is 1. The van der Waals surface area contributed by atoms with Gasteiger partial charge in [0.1, 0.15) is 5.75 Å². The molecule has 0 aliphatic carbocycles. The van der Waals surface area contributed by atoms with Crippen LogP contribution in [0.1, 0.15) is 57.9 Å². The number of carbonyl (C=O) groups is 1. The Morgan fingerprint density at radius 1 is 1.16 bits per heavy atom. The average molecular weight is 362 g/mol. The molecule has 0 aromatic heterocycles. The van der Waals surface area contributed by atoms with Crippen LogP contribution in [-0.4, -0.2) is 29.1 Å². The molecule has 5 nitrogen and oxygen atoms in total. The SMILES string of the molecule is CCCCCCCCOc1ccc(/C=N\N=C2\NC(=O)[C@@H](C)S2)cc1. The van der Waals surface area contributed by atoms with Crippen LogP contribution in [0.2, 0.25) is 0 Å². The van der Waals surface area contributed by atoms with Crippen LogP contribution in [0, 0.1) is 0 Å². The number of rotatable bonds is 10. The highest BCUT2D eigenvalue weighted by Gasteiger charge is 2.25. The van der Waals surface area contributed by atoms with Crippen LogP contribution >= 0.6 is 11.8 Å². The molecule has 1 aliphatic rings. The van der Waals surface area contributed by atoms with E-state index in [0.29, 0.717) is 5.17 Å². The van der Waals surface area contributed by atoms with Crippen molar-refractivity contribution in [3.05, 3.63) is 29.8 Å². The third-order valence-electron chi connectivity index (χ3n) is 3.89. The molecule has 25 heavy (non-hydrogen) atoms. The largest absolute Gasteiger partial charge is 0.494 e. The number of nitrogens with zero attached hydrogens (tertiary/aromatic N) is 2. The van der Waals surface area contributed by atoms with E-state index >= 15 is 0 Å². The van der Waals surface area contributed by atoms with Gasteiger partial charge in [-0.3, -0.25) is 4.79 Å². The number of unbranched alkanes of at least 4 members (excludes halogenated alkanes) is 5. The molecule has 0 radical (unpaired) electrons. The first-order valence-electron chi connectivity index (χ1n) is 9.00. The van der Waals surface area contributed by atoms with Crippen molar-refractivity contribution in [3.8, 4) is 5.75 Å². The van der Waals surface area contributed by atoms with E-state index in [1.54, 1.807) is 6.21 Å². The second-order valence-electron chi connectivity index (χ2n) is 6.08. The lowest BCUT2D eigenvalue weighted by Crippen LogP contribution is -2.23. The zero-order chi connectivity index (χ0) is 17.9. The number of nitrogens with one attached hydrogen (secondary N) is 1. The van der Waals surface area contributed by atoms with E-state index in [-0.39, 0.29) is 11.2 Å². The minimum atomic E-state index is -0.1000. The summed E-state index contributed by atoms with van der Waals surface area (Å²) in [4.78, 5) is 11.4. The number of hydrogen-bond donors (Lipinski definition) is 1. The van der Waals surface area contributed by atoms with Crippen LogP contribution in [-0.2, 0) is 4.79 Å². The molecule has 1 heterocycles. The van der Waals surface area contributed by atoms with Crippen LogP contribution in [0.5, 0.6) is 5.75 Å². The summed E-state index contributed by atoms with van der Waals surface area (Å²) in [5, 5.41) is 11.2. The molecule has 0 saturated carbocycles. The first-order valence-corrected chi connectivity index (χ1v) is 9.88. The zero-order valence-electron chi connectivity index (χ0n) is 15.0. The molecule has 1 atom stereocenters. The Morgan fingerprint density at radius 3 is 2.56 bits per heavy atom. The molecule has 1 fully saturated rings. The molecule has 2 rings (SSSR count). The molecule has 0 spiro atoms. The minimum absolute atomic E-state index is 0.0224. The Hall–Kier alpha value is -1.82. The molecule has 1 aromatic carbocycles. The number of carbonyl (C=O) groups excluding carboxylic acids is 1. The van der Waals surface area contributed by atoms with Crippen molar-refractivity contribution >= 4 is 29.1 Å². The average Bonchev–Trinajstić information content (AvgIpc) is 2.93. The monoisotopic (exact) mass is 361 g/mol. The van der Waals surface area contributed by atoms with Crippen molar-refractivity contribution in [1.82, 2.24) is 5.32 Å². The van der Waals surface area contributed by atoms with Crippen molar-refractivity contribution in [2.75, 3.05) is 6.61 Å². The molecule has 136 valence electrons. The van der Waals surface area contributed by atoms with E-state index in [1.807, 2.05) is 31.2 Å². The summed E-state index contributed by atoms with van der Waals surface area (Å²) < 4.78 is 5.75. The van der Waals surface area contributed by atoms with Gasteiger partial charge in [-0.15, -0.1) is 5.10 Å². The normalized spacial score (nSPS) is 18.9. The second kappa shape index (κ2) is 10.9. The Balaban J connectivity index is 1.68. The fraction of sp³-hybridized carbons (Fsp3) is 0.526. The number of benzene rings is 1. The molecule has 1 aromatic rings. The van der Waals surface area contributed by atoms with Gasteiger partial charge in [0.15, 0.2) is 5.17 Å². The maximum Gasteiger partial charge on any atom is 0.239 e. The molecule has 1 N–H and O–H groups in total. The van der Waals surface area contributed by atoms with Gasteiger partial charge in [0.05, 0.1) is 18.1 Å². The van der Waals surface area contributed by atoms with Crippen molar-refractivity contribution in [3.63, 3.8) is 0 Å². The fourth-order valence-electron chi connectivity index (χ4n) is 2.38. The van der Waals surface area contributed by atoms with Gasteiger partial charge in [-0.2, -0.15) is 5.10 Å². The van der Waals surface area contributed by atoms with Crippen LogP contribution in [0.4, 0.5) is 0 Å². The van der Waals surface area contributed by atoms with Crippen LogP contribution < -0.4 is 10.1 Å². The fourth-order valence-corrected chi connectivity index (χ4v) is 3.13. The van der Waals surface area contributed by atoms with E-state index in [4.69, 9.17) is 4.74 Å². The van der Waals surface area contributed by atoms with Gasteiger partial charge in [0.25, 0.3) is 0 Å². The van der Waals surface area contributed by atoms with E-state index in [9.17, 15) is 4.79 Å². The minimum Gasteiger partial charge on any atom is -0.494 e. The first kappa shape index (κ1) is 19.5. The summed E-state index contributed by atoms with van der Waals surface area (Å²) in [5.41, 5.74) is 0.943. The lowest BCUT2D eigenvalue weighted by molar-refractivity contribution is -0.118. The maximum absolute atomic E-state index is 11.4. The highest BCUT2D eigenvalue weighted by atomic mass is 32.2. The van der Waals surface area contributed by atoms with Gasteiger partial charge >= 0.3 is 0 Å². The highest BCUT2D eigenvalue weighted by Crippen LogP contribution is 2.18. The van der Waals surface area contributed by atoms with E-state index in [2.05, 4.69) is 22.4 Å². The van der Waals surface area contributed by atoms with Crippen molar-refractivity contribution in [2.45, 2.75) is 57.6 Å². The standard InChI is InChI=1S/C19H27N3O2S/c1-3-4-5-6-7-8-13-24-17-11-9-16(10-12-17)14-20-22-19-21-18(23)15(2)25-19/h9-12,14-15H,3-8,13H2,1-2H3,(H,21,22,23)/b20-14-/t15-/m1/s1. The Bertz CT molecular complexity index is 599. The van der Waals surface area contributed by atoms with Crippen LogP contribution in [0.3, 0.4) is 0 Å². The summed E-state index contributed by atoms with van der Waals surface area (Å²) >= 11 is 1.38. The van der Waals surface area contributed by atoms with Gasteiger partial charge in [-0.1, -0.05) is 50.8 Å². The van der Waals surface area contributed by atoms with Crippen molar-refractivity contribution in [2.24, 2.45) is 10.2 Å². The topological polar surface area (TPSA) is 63.1 Å². The Kier molecular flexibility index (Phi) is 8.52. The first-order chi connectivity index (χ1) is 12.2. The van der Waals surface area contributed by atoms with Gasteiger partial charge in [-0.05, 0) is 43.2 Å². The van der Waals surface area contributed by atoms with Gasteiger partial charge in [-0.25, -0.2) is 0 Å². The zero-order valence-corrected chi connectivity index (χ0v) is 15.8. The quantitative estimate of drug-likeness (QED) is 0.382. The van der Waals surface area contributed by atoms with E-state index < -0.39 is 0 Å². The second-order valence-corrected chi connectivity index (χ2v) is 7.41. The van der Waals surface area contributed by atoms with Crippen LogP contribution in [0.15, 0.2) is 34.5 Å². The summed E-state index contributed by atoms with van der Waals surface area (Å²) in [6, 6.07) is 7.78. The van der Waals surface area contributed by atoms with Crippen molar-refractivity contribution in [1.29, 1.82) is 0 Å². The number of amidine groups is 1. The smallest absolute Gasteiger partial charge is 0.239 e. The molecule has 1 aliphatic heterocycles. The predicted octanol–water partition coefficient (Wildman–Crippen LogP) is 4.37. The molecule has 1 amide bonds. The Morgan fingerprint density at radius 2 is 1.88 bits per heavy atom. The van der Waals surface area contributed by atoms with E-state index in [0.717, 1.165) is 24.3 Å². The number of hydrogen-bond acceptors (Lipinski definition) is 5. The summed E-state index contributed by atoms with van der Waals surface area (Å²) in [5.74, 6) is 0.857. The Labute approximate surface area is 154 Å². The molecule has 0 bridgehead atoms. The lowest BCUT2D eigenvalue weighted by Gasteiger charge is -2.06. The highest BCUT2D eigenvalue weighted by molar-refractivity contribution is 8.15.